The van der Waals surface area contributed by atoms with Gasteiger partial charge in [-0.3, -0.25) is 4.79 Å². The second kappa shape index (κ2) is 5.00. The summed E-state index contributed by atoms with van der Waals surface area (Å²) in [4.78, 5) is 19.3. The van der Waals surface area contributed by atoms with E-state index in [9.17, 15) is 4.79 Å². The fourth-order valence-corrected chi connectivity index (χ4v) is 2.15. The Hall–Kier alpha value is -1.89. The first-order valence-corrected chi connectivity index (χ1v) is 6.80. The summed E-state index contributed by atoms with van der Waals surface area (Å²) in [6.45, 7) is 0. The number of pyridine rings is 1. The Labute approximate surface area is 123 Å². The van der Waals surface area contributed by atoms with Crippen LogP contribution < -0.4 is 5.32 Å². The van der Waals surface area contributed by atoms with Crippen molar-refractivity contribution in [1.82, 2.24) is 9.97 Å². The molecule has 4 nitrogen and oxygen atoms in total. The SMILES string of the molecule is O=C(Nc1ccc(I)cn1)c1ccc2[nH]ccc2c1. The Morgan fingerprint density at radius 2 is 2.11 bits per heavy atom. The molecule has 0 atom stereocenters. The molecule has 0 aliphatic heterocycles. The van der Waals surface area contributed by atoms with Gasteiger partial charge >= 0.3 is 0 Å². The zero-order valence-electron chi connectivity index (χ0n) is 9.85. The van der Waals surface area contributed by atoms with Gasteiger partial charge in [0.1, 0.15) is 5.82 Å². The van der Waals surface area contributed by atoms with Crippen molar-refractivity contribution in [2.24, 2.45) is 0 Å². The number of carbonyl (C=O) groups is 1. The zero-order valence-corrected chi connectivity index (χ0v) is 12.0. The van der Waals surface area contributed by atoms with E-state index in [1.165, 1.54) is 0 Å². The molecule has 0 radical (unpaired) electrons. The Morgan fingerprint density at radius 1 is 1.21 bits per heavy atom. The molecule has 2 aromatic heterocycles. The van der Waals surface area contributed by atoms with Gasteiger partial charge in [-0.15, -0.1) is 0 Å². The molecule has 0 aliphatic carbocycles. The molecule has 0 saturated carbocycles. The third kappa shape index (κ3) is 2.60. The van der Waals surface area contributed by atoms with Crippen LogP contribution in [0.3, 0.4) is 0 Å². The molecule has 0 fully saturated rings. The monoisotopic (exact) mass is 363 g/mol. The number of aromatic amines is 1. The molecule has 0 aliphatic rings. The van der Waals surface area contributed by atoms with Gasteiger partial charge in [0.15, 0.2) is 0 Å². The van der Waals surface area contributed by atoms with Crippen molar-refractivity contribution in [3.8, 4) is 0 Å². The van der Waals surface area contributed by atoms with E-state index in [2.05, 4.69) is 37.9 Å². The van der Waals surface area contributed by atoms with Crippen molar-refractivity contribution in [2.75, 3.05) is 5.32 Å². The number of aromatic nitrogens is 2. The molecule has 0 saturated heterocycles. The van der Waals surface area contributed by atoms with Crippen molar-refractivity contribution >= 4 is 45.2 Å². The summed E-state index contributed by atoms with van der Waals surface area (Å²) in [6.07, 6.45) is 3.57. The molecular formula is C14H10IN3O. The highest BCUT2D eigenvalue weighted by atomic mass is 127. The van der Waals surface area contributed by atoms with Gasteiger partial charge < -0.3 is 10.3 Å². The molecule has 3 aromatic rings. The van der Waals surface area contributed by atoms with Crippen molar-refractivity contribution in [3.05, 3.63) is 57.9 Å². The minimum Gasteiger partial charge on any atom is -0.361 e. The topological polar surface area (TPSA) is 57.8 Å². The maximum Gasteiger partial charge on any atom is 0.256 e. The maximum absolute atomic E-state index is 12.1. The quantitative estimate of drug-likeness (QED) is 0.686. The summed E-state index contributed by atoms with van der Waals surface area (Å²) >= 11 is 2.17. The molecule has 1 amide bonds. The lowest BCUT2D eigenvalue weighted by Crippen LogP contribution is -2.12. The molecular weight excluding hydrogens is 353 g/mol. The number of hydrogen-bond acceptors (Lipinski definition) is 2. The molecule has 0 unspecified atom stereocenters. The Morgan fingerprint density at radius 3 is 2.89 bits per heavy atom. The van der Waals surface area contributed by atoms with Crippen LogP contribution in [0.25, 0.3) is 10.9 Å². The fourth-order valence-electron chi connectivity index (χ4n) is 1.83. The Kier molecular flexibility index (Phi) is 3.20. The molecule has 19 heavy (non-hydrogen) atoms. The Balaban J connectivity index is 1.84. The highest BCUT2D eigenvalue weighted by molar-refractivity contribution is 14.1. The van der Waals surface area contributed by atoms with Gasteiger partial charge in [0.2, 0.25) is 0 Å². The first-order chi connectivity index (χ1) is 9.22. The number of nitrogens with one attached hydrogen (secondary N) is 2. The average Bonchev–Trinajstić information content (AvgIpc) is 2.88. The normalized spacial score (nSPS) is 10.6. The number of hydrogen-bond donors (Lipinski definition) is 2. The van der Waals surface area contributed by atoms with E-state index in [1.807, 2.05) is 30.5 Å². The lowest BCUT2D eigenvalue weighted by Gasteiger charge is -2.04. The van der Waals surface area contributed by atoms with Gasteiger partial charge in [0.25, 0.3) is 5.91 Å². The van der Waals surface area contributed by atoms with Gasteiger partial charge in [0.05, 0.1) is 0 Å². The summed E-state index contributed by atoms with van der Waals surface area (Å²) < 4.78 is 1.03. The number of rotatable bonds is 2. The summed E-state index contributed by atoms with van der Waals surface area (Å²) in [5, 5.41) is 3.80. The highest BCUT2D eigenvalue weighted by Gasteiger charge is 2.07. The van der Waals surface area contributed by atoms with E-state index in [0.29, 0.717) is 11.4 Å². The number of anilines is 1. The lowest BCUT2D eigenvalue weighted by molar-refractivity contribution is 0.102. The number of nitrogens with zero attached hydrogens (tertiary/aromatic N) is 1. The predicted octanol–water partition coefficient (Wildman–Crippen LogP) is 3.42. The summed E-state index contributed by atoms with van der Waals surface area (Å²) in [5.41, 5.74) is 1.64. The van der Waals surface area contributed by atoms with E-state index in [0.717, 1.165) is 14.5 Å². The molecule has 94 valence electrons. The molecule has 2 heterocycles. The third-order valence-corrected chi connectivity index (χ3v) is 3.42. The predicted molar refractivity (Wildman–Crippen MR) is 83.2 cm³/mol. The molecule has 0 bridgehead atoms. The van der Waals surface area contributed by atoms with E-state index in [4.69, 9.17) is 0 Å². The van der Waals surface area contributed by atoms with Gasteiger partial charge in [-0.25, -0.2) is 4.98 Å². The van der Waals surface area contributed by atoms with Gasteiger partial charge in [-0.05, 0) is 59.0 Å². The van der Waals surface area contributed by atoms with Crippen molar-refractivity contribution < 1.29 is 4.79 Å². The number of benzene rings is 1. The molecule has 5 heteroatoms. The smallest absolute Gasteiger partial charge is 0.256 e. The average molecular weight is 363 g/mol. The van der Waals surface area contributed by atoms with E-state index >= 15 is 0 Å². The maximum atomic E-state index is 12.1. The minimum atomic E-state index is -0.156. The number of halogens is 1. The second-order valence-electron chi connectivity index (χ2n) is 4.10. The van der Waals surface area contributed by atoms with Crippen LogP contribution in [0.5, 0.6) is 0 Å². The Bertz CT molecular complexity index is 734. The standard InChI is InChI=1S/C14H10IN3O/c15-11-2-4-13(17-8-11)18-14(19)10-1-3-12-9(7-10)5-6-16-12/h1-8,16H,(H,17,18,19). The van der Waals surface area contributed by atoms with Gasteiger partial charge in [0, 0.05) is 32.4 Å². The highest BCUT2D eigenvalue weighted by Crippen LogP contribution is 2.15. The first kappa shape index (κ1) is 12.2. The largest absolute Gasteiger partial charge is 0.361 e. The first-order valence-electron chi connectivity index (χ1n) is 5.72. The fraction of sp³-hybridized carbons (Fsp3) is 0. The van der Waals surface area contributed by atoms with Crippen LogP contribution in [-0.4, -0.2) is 15.9 Å². The van der Waals surface area contributed by atoms with E-state index in [-0.39, 0.29) is 5.91 Å². The second-order valence-corrected chi connectivity index (χ2v) is 5.34. The van der Waals surface area contributed by atoms with Crippen LogP contribution in [0, 0.1) is 3.57 Å². The molecule has 2 N–H and O–H groups in total. The summed E-state index contributed by atoms with van der Waals surface area (Å²) in [5.74, 6) is 0.399. The van der Waals surface area contributed by atoms with E-state index in [1.54, 1.807) is 18.3 Å². The van der Waals surface area contributed by atoms with Crippen LogP contribution in [-0.2, 0) is 0 Å². The molecule has 1 aromatic carbocycles. The van der Waals surface area contributed by atoms with Crippen molar-refractivity contribution in [2.45, 2.75) is 0 Å². The number of H-pyrrole nitrogens is 1. The van der Waals surface area contributed by atoms with Gasteiger partial charge in [-0.1, -0.05) is 0 Å². The molecule has 3 rings (SSSR count). The van der Waals surface area contributed by atoms with E-state index < -0.39 is 0 Å². The van der Waals surface area contributed by atoms with Crippen LogP contribution in [0.4, 0.5) is 5.82 Å². The lowest BCUT2D eigenvalue weighted by atomic mass is 10.1. The number of carbonyl (C=O) groups excluding carboxylic acids is 1. The molecule has 0 spiro atoms. The summed E-state index contributed by atoms with van der Waals surface area (Å²) in [6, 6.07) is 11.2. The van der Waals surface area contributed by atoms with Crippen LogP contribution in [0.2, 0.25) is 0 Å². The minimum absolute atomic E-state index is 0.156. The van der Waals surface area contributed by atoms with Crippen molar-refractivity contribution in [1.29, 1.82) is 0 Å². The van der Waals surface area contributed by atoms with Crippen molar-refractivity contribution in [3.63, 3.8) is 0 Å². The zero-order chi connectivity index (χ0) is 13.2. The van der Waals surface area contributed by atoms with Crippen LogP contribution in [0.1, 0.15) is 10.4 Å². The van der Waals surface area contributed by atoms with Crippen LogP contribution >= 0.6 is 22.6 Å². The summed E-state index contributed by atoms with van der Waals surface area (Å²) in [7, 11) is 0. The third-order valence-electron chi connectivity index (χ3n) is 2.78. The van der Waals surface area contributed by atoms with Crippen LogP contribution in [0.15, 0.2) is 48.8 Å². The number of amides is 1. The van der Waals surface area contributed by atoms with Gasteiger partial charge in [-0.2, -0.15) is 0 Å². The number of fused-ring (bicyclic) bond motifs is 1.